The quantitative estimate of drug-likeness (QED) is 0.356. The molecule has 3 saturated heterocycles. The normalized spacial score (nSPS) is 25.1. The van der Waals surface area contributed by atoms with E-state index < -0.39 is 35.9 Å². The van der Waals surface area contributed by atoms with Gasteiger partial charge in [0.2, 0.25) is 11.8 Å². The Morgan fingerprint density at radius 2 is 1.55 bits per heavy atom. The van der Waals surface area contributed by atoms with Gasteiger partial charge in [-0.3, -0.25) is 14.5 Å². The minimum atomic E-state index is -0.679. The van der Waals surface area contributed by atoms with Crippen molar-refractivity contribution in [2.75, 3.05) is 26.2 Å². The Hall–Kier alpha value is -2.36. The molecule has 0 radical (unpaired) electrons. The molecule has 2 unspecified atom stereocenters. The molecule has 0 aromatic rings. The number of unbranched alkanes of at least 4 members (excludes halogenated alkanes) is 1. The van der Waals surface area contributed by atoms with Crippen LogP contribution in [0.3, 0.4) is 0 Å². The zero-order valence-corrected chi connectivity index (χ0v) is 24.2. The van der Waals surface area contributed by atoms with Crippen molar-refractivity contribution in [3.8, 4) is 0 Å². The largest absolute Gasteiger partial charge is 0.464 e. The van der Waals surface area contributed by atoms with Gasteiger partial charge in [-0.1, -0.05) is 13.3 Å². The highest BCUT2D eigenvalue weighted by molar-refractivity contribution is 5.90. The van der Waals surface area contributed by atoms with Gasteiger partial charge in [-0.25, -0.2) is 9.59 Å². The molecule has 10 nitrogen and oxygen atoms in total. The standard InChI is InChI=1S/C28H48N4O6/c1-7-8-18-37-26(35)22-14-11-16-31(22)25(34)21-13-10-15-30(21)23(24(33)29-19(2)3)20-12-9-17-32(20)27(36)38-28(4,5)6/h19-23H,7-18H2,1-6H3,(H,29,33)/t20-,21-,22?,23?/m0/s1. The maximum Gasteiger partial charge on any atom is 0.410 e. The molecule has 3 aliphatic rings. The van der Waals surface area contributed by atoms with Crippen LogP contribution >= 0.6 is 0 Å². The molecule has 4 atom stereocenters. The smallest absolute Gasteiger partial charge is 0.410 e. The molecule has 0 saturated carbocycles. The van der Waals surface area contributed by atoms with Crippen LogP contribution < -0.4 is 5.32 Å². The summed E-state index contributed by atoms with van der Waals surface area (Å²) in [5, 5.41) is 3.03. The molecule has 0 aromatic carbocycles. The van der Waals surface area contributed by atoms with Crippen LogP contribution in [0.25, 0.3) is 0 Å². The molecule has 3 heterocycles. The number of esters is 1. The van der Waals surface area contributed by atoms with Gasteiger partial charge in [0.15, 0.2) is 0 Å². The van der Waals surface area contributed by atoms with Gasteiger partial charge in [-0.05, 0) is 86.1 Å². The first-order valence-corrected chi connectivity index (χ1v) is 14.5. The third-order valence-electron chi connectivity index (χ3n) is 7.48. The second-order valence-corrected chi connectivity index (χ2v) is 12.1. The number of likely N-dealkylation sites (tertiary alicyclic amines) is 3. The zero-order chi connectivity index (χ0) is 28.0. The average molecular weight is 537 g/mol. The van der Waals surface area contributed by atoms with Crippen LogP contribution in [-0.4, -0.2) is 101 Å². The minimum Gasteiger partial charge on any atom is -0.464 e. The van der Waals surface area contributed by atoms with E-state index in [1.165, 1.54) is 0 Å². The third-order valence-corrected chi connectivity index (χ3v) is 7.48. The van der Waals surface area contributed by atoms with Crippen LogP contribution in [0.1, 0.15) is 92.9 Å². The average Bonchev–Trinajstić information content (AvgIpc) is 3.58. The maximum absolute atomic E-state index is 13.9. The Balaban J connectivity index is 1.83. The number of nitrogens with zero attached hydrogens (tertiary/aromatic N) is 3. The monoisotopic (exact) mass is 536 g/mol. The van der Waals surface area contributed by atoms with Crippen molar-refractivity contribution in [1.29, 1.82) is 0 Å². The Labute approximate surface area is 227 Å². The summed E-state index contributed by atoms with van der Waals surface area (Å²) < 4.78 is 11.1. The summed E-state index contributed by atoms with van der Waals surface area (Å²) >= 11 is 0. The fraction of sp³-hybridized carbons (Fsp3) is 0.857. The lowest BCUT2D eigenvalue weighted by molar-refractivity contribution is -0.155. The van der Waals surface area contributed by atoms with E-state index in [9.17, 15) is 19.2 Å². The number of rotatable bonds is 9. The second-order valence-electron chi connectivity index (χ2n) is 12.1. The molecule has 0 aliphatic carbocycles. The number of carbonyl (C=O) groups is 4. The molecule has 216 valence electrons. The number of hydrogen-bond acceptors (Lipinski definition) is 7. The number of amides is 3. The summed E-state index contributed by atoms with van der Waals surface area (Å²) in [5.41, 5.74) is -0.650. The van der Waals surface area contributed by atoms with Gasteiger partial charge in [0.25, 0.3) is 0 Å². The van der Waals surface area contributed by atoms with E-state index in [-0.39, 0.29) is 23.8 Å². The van der Waals surface area contributed by atoms with E-state index >= 15 is 0 Å². The van der Waals surface area contributed by atoms with Crippen molar-refractivity contribution in [3.05, 3.63) is 0 Å². The van der Waals surface area contributed by atoms with Gasteiger partial charge in [0, 0.05) is 19.1 Å². The van der Waals surface area contributed by atoms with Crippen molar-refractivity contribution in [1.82, 2.24) is 20.0 Å². The van der Waals surface area contributed by atoms with Gasteiger partial charge in [0.1, 0.15) is 17.7 Å². The number of hydrogen-bond donors (Lipinski definition) is 1. The summed E-state index contributed by atoms with van der Waals surface area (Å²) in [5.74, 6) is -0.645. The summed E-state index contributed by atoms with van der Waals surface area (Å²) in [6, 6.07) is -2.26. The van der Waals surface area contributed by atoms with E-state index in [0.717, 1.165) is 32.1 Å². The number of nitrogens with one attached hydrogen (secondary N) is 1. The first kappa shape index (κ1) is 30.2. The fourth-order valence-corrected chi connectivity index (χ4v) is 5.85. The zero-order valence-electron chi connectivity index (χ0n) is 24.2. The van der Waals surface area contributed by atoms with Crippen LogP contribution in [0.5, 0.6) is 0 Å². The van der Waals surface area contributed by atoms with Gasteiger partial charge in [-0.15, -0.1) is 0 Å². The molecule has 3 fully saturated rings. The topological polar surface area (TPSA) is 108 Å². The SMILES string of the molecule is CCCCOC(=O)C1CCCN1C(=O)[C@@H]1CCCN1C(C(=O)NC(C)C)[C@@H]1CCCN1C(=O)OC(C)(C)C. The van der Waals surface area contributed by atoms with Crippen LogP contribution in [0.2, 0.25) is 0 Å². The van der Waals surface area contributed by atoms with E-state index in [1.54, 1.807) is 9.80 Å². The summed E-state index contributed by atoms with van der Waals surface area (Å²) in [6.45, 7) is 13.3. The highest BCUT2D eigenvalue weighted by atomic mass is 16.6. The molecule has 38 heavy (non-hydrogen) atoms. The Kier molecular flexibility index (Phi) is 10.4. The van der Waals surface area contributed by atoms with Gasteiger partial charge in [0.05, 0.1) is 18.7 Å². The maximum atomic E-state index is 13.9. The van der Waals surface area contributed by atoms with Crippen LogP contribution in [0.4, 0.5) is 4.79 Å². The lowest BCUT2D eigenvalue weighted by Crippen LogP contribution is -2.62. The molecule has 0 aromatic heterocycles. The Morgan fingerprint density at radius 1 is 0.921 bits per heavy atom. The Morgan fingerprint density at radius 3 is 2.21 bits per heavy atom. The van der Waals surface area contributed by atoms with Gasteiger partial charge >= 0.3 is 12.1 Å². The molecule has 3 aliphatic heterocycles. The van der Waals surface area contributed by atoms with Crippen molar-refractivity contribution >= 4 is 23.9 Å². The molecule has 3 amide bonds. The van der Waals surface area contributed by atoms with Gasteiger partial charge < -0.3 is 24.6 Å². The van der Waals surface area contributed by atoms with Crippen LogP contribution in [-0.2, 0) is 23.9 Å². The lowest BCUT2D eigenvalue weighted by atomic mass is 10.0. The fourth-order valence-electron chi connectivity index (χ4n) is 5.85. The van der Waals surface area contributed by atoms with Crippen LogP contribution in [0, 0.1) is 0 Å². The van der Waals surface area contributed by atoms with Crippen molar-refractivity contribution in [2.45, 2.75) is 129 Å². The van der Waals surface area contributed by atoms with E-state index in [0.29, 0.717) is 45.5 Å². The highest BCUT2D eigenvalue weighted by Crippen LogP contribution is 2.32. The molecular weight excluding hydrogens is 488 g/mol. The molecule has 1 N–H and O–H groups in total. The molecule has 0 bridgehead atoms. The Bertz CT molecular complexity index is 857. The summed E-state index contributed by atoms with van der Waals surface area (Å²) in [7, 11) is 0. The first-order chi connectivity index (χ1) is 17.9. The van der Waals surface area contributed by atoms with Gasteiger partial charge in [-0.2, -0.15) is 0 Å². The summed E-state index contributed by atoms with van der Waals surface area (Å²) in [4.78, 5) is 58.8. The van der Waals surface area contributed by atoms with Crippen molar-refractivity contribution in [3.63, 3.8) is 0 Å². The molecular formula is C28H48N4O6. The van der Waals surface area contributed by atoms with Crippen molar-refractivity contribution < 1.29 is 28.7 Å². The third kappa shape index (κ3) is 7.39. The highest BCUT2D eigenvalue weighted by Gasteiger charge is 2.49. The first-order valence-electron chi connectivity index (χ1n) is 14.5. The predicted molar refractivity (Wildman–Crippen MR) is 143 cm³/mol. The number of ether oxygens (including phenoxy) is 2. The van der Waals surface area contributed by atoms with E-state index in [1.807, 2.05) is 46.4 Å². The van der Waals surface area contributed by atoms with Crippen molar-refractivity contribution in [2.24, 2.45) is 0 Å². The summed E-state index contributed by atoms with van der Waals surface area (Å²) in [6.07, 6.45) is 5.43. The molecule has 10 heteroatoms. The van der Waals surface area contributed by atoms with E-state index in [2.05, 4.69) is 5.32 Å². The number of carbonyl (C=O) groups excluding carboxylic acids is 4. The minimum absolute atomic E-state index is 0.0843. The lowest BCUT2D eigenvalue weighted by Gasteiger charge is -2.40. The van der Waals surface area contributed by atoms with Crippen LogP contribution in [0.15, 0.2) is 0 Å². The molecule has 0 spiro atoms. The van der Waals surface area contributed by atoms with E-state index in [4.69, 9.17) is 9.47 Å². The predicted octanol–water partition coefficient (Wildman–Crippen LogP) is 3.08. The second kappa shape index (κ2) is 13.1. The molecule has 3 rings (SSSR count).